The highest BCUT2D eigenvalue weighted by Crippen LogP contribution is 2.46. The zero-order valence-corrected chi connectivity index (χ0v) is 18.4. The molecule has 4 rings (SSSR count). The number of aromatic nitrogens is 4. The third-order valence-electron chi connectivity index (χ3n) is 5.77. The van der Waals surface area contributed by atoms with Gasteiger partial charge in [0.1, 0.15) is 22.6 Å². The zero-order valence-electron chi connectivity index (χ0n) is 17.6. The van der Waals surface area contributed by atoms with Crippen molar-refractivity contribution in [2.24, 2.45) is 0 Å². The van der Waals surface area contributed by atoms with Crippen LogP contribution < -0.4 is 9.46 Å². The molecule has 0 bridgehead atoms. The van der Waals surface area contributed by atoms with Gasteiger partial charge in [0.15, 0.2) is 11.6 Å². The number of halogens is 2. The Bertz CT molecular complexity index is 1220. The minimum absolute atomic E-state index is 0.0600. The Morgan fingerprint density at radius 1 is 1.22 bits per heavy atom. The lowest BCUT2D eigenvalue weighted by molar-refractivity contribution is 0.0691. The number of hydrogen-bond donors (Lipinski definition) is 1. The van der Waals surface area contributed by atoms with Crippen molar-refractivity contribution in [2.75, 3.05) is 4.72 Å². The molecule has 2 heterocycles. The highest BCUT2D eigenvalue weighted by atomic mass is 32.2. The predicted octanol–water partition coefficient (Wildman–Crippen LogP) is 3.88. The minimum atomic E-state index is -4.40. The van der Waals surface area contributed by atoms with Gasteiger partial charge in [-0.15, -0.1) is 0 Å². The maximum Gasteiger partial charge on any atom is 0.266 e. The maximum absolute atomic E-state index is 14.9. The second-order valence-electron chi connectivity index (χ2n) is 7.82. The largest absolute Gasteiger partial charge is 0.484 e. The molecule has 0 spiro atoms. The van der Waals surface area contributed by atoms with E-state index in [2.05, 4.69) is 19.8 Å². The van der Waals surface area contributed by atoms with Gasteiger partial charge in [0.2, 0.25) is 5.82 Å². The summed E-state index contributed by atoms with van der Waals surface area (Å²) in [5.74, 6) is -3.32. The third kappa shape index (κ3) is 4.04. The van der Waals surface area contributed by atoms with Crippen molar-refractivity contribution in [3.05, 3.63) is 60.3 Å². The molecule has 1 aromatic carbocycles. The third-order valence-corrected chi connectivity index (χ3v) is 7.15. The molecule has 0 aliphatic heterocycles. The van der Waals surface area contributed by atoms with Crippen LogP contribution in [0.5, 0.6) is 5.75 Å². The van der Waals surface area contributed by atoms with Crippen molar-refractivity contribution in [1.82, 2.24) is 19.7 Å². The van der Waals surface area contributed by atoms with Crippen LogP contribution in [0.15, 0.2) is 47.9 Å². The molecular weight excluding hydrogens is 440 g/mol. The van der Waals surface area contributed by atoms with Gasteiger partial charge >= 0.3 is 0 Å². The zero-order chi connectivity index (χ0) is 22.9. The number of nitrogens with one attached hydrogen (secondary N) is 1. The normalized spacial score (nSPS) is 20.9. The number of hydrogen-bond acceptors (Lipinski definition) is 6. The highest BCUT2D eigenvalue weighted by molar-refractivity contribution is 7.92. The van der Waals surface area contributed by atoms with E-state index in [4.69, 9.17) is 4.74 Å². The number of aryl methyl sites for hydroxylation is 1. The number of rotatable bonds is 7. The van der Waals surface area contributed by atoms with E-state index in [0.717, 1.165) is 37.0 Å². The second kappa shape index (κ2) is 8.45. The molecule has 3 aromatic rings. The van der Waals surface area contributed by atoms with Gasteiger partial charge in [-0.2, -0.15) is 9.49 Å². The fourth-order valence-electron chi connectivity index (χ4n) is 4.22. The van der Waals surface area contributed by atoms with Gasteiger partial charge in [0.25, 0.3) is 10.0 Å². The summed E-state index contributed by atoms with van der Waals surface area (Å²) >= 11 is 0. The fraction of sp³-hybridized carbons (Fsp3) is 0.381. The van der Waals surface area contributed by atoms with Gasteiger partial charge < -0.3 is 4.74 Å². The molecule has 11 heteroatoms. The highest BCUT2D eigenvalue weighted by Gasteiger charge is 2.44. The molecule has 0 saturated heterocycles. The molecule has 1 N–H and O–H groups in total. The Morgan fingerprint density at radius 3 is 2.75 bits per heavy atom. The minimum Gasteiger partial charge on any atom is -0.484 e. The first kappa shape index (κ1) is 22.1. The van der Waals surface area contributed by atoms with Gasteiger partial charge in [-0.3, -0.25) is 9.40 Å². The number of anilines is 1. The second-order valence-corrected chi connectivity index (χ2v) is 9.47. The number of ether oxygens (including phenoxy) is 1. The van der Waals surface area contributed by atoms with Gasteiger partial charge in [-0.05, 0) is 57.4 Å². The molecule has 2 aromatic heterocycles. The molecule has 170 valence electrons. The molecule has 32 heavy (non-hydrogen) atoms. The molecule has 8 nitrogen and oxygen atoms in total. The summed E-state index contributed by atoms with van der Waals surface area (Å²) in [5.41, 5.74) is 0.182. The fourth-order valence-corrected chi connectivity index (χ4v) is 5.30. The molecule has 1 fully saturated rings. The quantitative estimate of drug-likeness (QED) is 0.571. The van der Waals surface area contributed by atoms with Crippen LogP contribution >= 0.6 is 0 Å². The average Bonchev–Trinajstić information content (AvgIpc) is 3.37. The van der Waals surface area contributed by atoms with Gasteiger partial charge in [0, 0.05) is 30.6 Å². The van der Waals surface area contributed by atoms with Gasteiger partial charge in [-0.25, -0.2) is 22.8 Å². The number of nitrogens with zero attached hydrogens (tertiary/aromatic N) is 4. The molecule has 1 aliphatic carbocycles. The summed E-state index contributed by atoms with van der Waals surface area (Å²) in [7, 11) is -4.40. The molecular formula is C21H23F2N5O3S. The van der Waals surface area contributed by atoms with Crippen molar-refractivity contribution >= 4 is 15.8 Å². The Morgan fingerprint density at radius 2 is 2.03 bits per heavy atom. The van der Waals surface area contributed by atoms with Crippen LogP contribution in [0.1, 0.15) is 44.7 Å². The van der Waals surface area contributed by atoms with Gasteiger partial charge in [-0.1, -0.05) is 0 Å². The molecule has 1 aliphatic rings. The Labute approximate surface area is 184 Å². The number of benzene rings is 1. The molecule has 1 saturated carbocycles. The summed E-state index contributed by atoms with van der Waals surface area (Å²) in [6.07, 6.45) is 6.49. The Kier molecular flexibility index (Phi) is 5.85. The summed E-state index contributed by atoms with van der Waals surface area (Å²) in [4.78, 5) is 6.58. The van der Waals surface area contributed by atoms with Crippen LogP contribution in [-0.4, -0.2) is 33.8 Å². The van der Waals surface area contributed by atoms with E-state index < -0.39 is 32.2 Å². The van der Waals surface area contributed by atoms with E-state index in [1.165, 1.54) is 12.3 Å². The first-order valence-corrected chi connectivity index (χ1v) is 11.7. The van der Waals surface area contributed by atoms with Crippen molar-refractivity contribution in [2.45, 2.75) is 56.1 Å². The number of sulfonamides is 1. The van der Waals surface area contributed by atoms with Crippen molar-refractivity contribution < 1.29 is 21.9 Å². The van der Waals surface area contributed by atoms with Crippen LogP contribution in [-0.2, 0) is 16.6 Å². The van der Waals surface area contributed by atoms with E-state index in [-0.39, 0.29) is 17.5 Å². The first-order chi connectivity index (χ1) is 15.2. The van der Waals surface area contributed by atoms with E-state index in [0.29, 0.717) is 13.0 Å². The standard InChI is InChI=1S/C21H23F2N5O3S/c1-3-28-15(8-12-26-28)14-5-4-10-21(14,2)31-16-6-7-17(20(23)19(16)22)32(29,30)27-18-9-11-24-13-25-18/h6-9,11-14H,3-5,10H2,1-2H3,(H,24,25,27)/t14-,21-/m1/s1. The van der Waals surface area contributed by atoms with E-state index in [1.807, 2.05) is 24.6 Å². The lowest BCUT2D eigenvalue weighted by atomic mass is 9.89. The van der Waals surface area contributed by atoms with E-state index in [1.54, 1.807) is 6.20 Å². The first-order valence-electron chi connectivity index (χ1n) is 10.2. The molecule has 0 radical (unpaired) electrons. The molecule has 2 atom stereocenters. The van der Waals surface area contributed by atoms with Crippen LogP contribution in [0.2, 0.25) is 0 Å². The SMILES string of the molecule is CCn1nccc1[C@H]1CCC[C@@]1(C)Oc1ccc(S(=O)(=O)Nc2ccncn2)c(F)c1F. The summed E-state index contributed by atoms with van der Waals surface area (Å²) in [6, 6.07) is 5.34. The van der Waals surface area contributed by atoms with E-state index in [9.17, 15) is 17.2 Å². The average molecular weight is 464 g/mol. The monoisotopic (exact) mass is 463 g/mol. The topological polar surface area (TPSA) is 99.0 Å². The van der Waals surface area contributed by atoms with Crippen molar-refractivity contribution in [3.63, 3.8) is 0 Å². The van der Waals surface area contributed by atoms with E-state index >= 15 is 0 Å². The summed E-state index contributed by atoms with van der Waals surface area (Å²) < 4.78 is 64.8. The lowest BCUT2D eigenvalue weighted by Gasteiger charge is -2.33. The van der Waals surface area contributed by atoms with Crippen LogP contribution in [0.25, 0.3) is 0 Å². The van der Waals surface area contributed by atoms with Crippen LogP contribution in [0, 0.1) is 11.6 Å². The van der Waals surface area contributed by atoms with Gasteiger partial charge in [0.05, 0.1) is 0 Å². The lowest BCUT2D eigenvalue weighted by Crippen LogP contribution is -2.36. The summed E-state index contributed by atoms with van der Waals surface area (Å²) in [5, 5.41) is 4.30. The van der Waals surface area contributed by atoms with Crippen molar-refractivity contribution in [1.29, 1.82) is 0 Å². The Hall–Kier alpha value is -3.08. The van der Waals surface area contributed by atoms with Crippen LogP contribution in [0.3, 0.4) is 0 Å². The van der Waals surface area contributed by atoms with Crippen LogP contribution in [0.4, 0.5) is 14.6 Å². The molecule has 0 amide bonds. The predicted molar refractivity (Wildman–Crippen MR) is 113 cm³/mol. The Balaban J connectivity index is 1.62. The maximum atomic E-state index is 14.9. The smallest absolute Gasteiger partial charge is 0.266 e. The van der Waals surface area contributed by atoms with Crippen molar-refractivity contribution in [3.8, 4) is 5.75 Å². The summed E-state index contributed by atoms with van der Waals surface area (Å²) in [6.45, 7) is 4.52. The molecule has 0 unspecified atom stereocenters.